The van der Waals surface area contributed by atoms with Gasteiger partial charge in [-0.2, -0.15) is 0 Å². The maximum atomic E-state index is 11.1. The monoisotopic (exact) mass is 265 g/mol. The van der Waals surface area contributed by atoms with Crippen LogP contribution in [0.15, 0.2) is 48.8 Å². The Morgan fingerprint density at radius 3 is 2.70 bits per heavy atom. The largest absolute Gasteiger partial charge is 0.349 e. The SMILES string of the molecule is NC(Cc1ncc[nH]1)c1ccc(C=O)c2ccccc12. The highest BCUT2D eigenvalue weighted by Gasteiger charge is 2.13. The van der Waals surface area contributed by atoms with E-state index in [1.807, 2.05) is 36.4 Å². The molecule has 3 rings (SSSR count). The molecule has 0 spiro atoms. The predicted octanol–water partition coefficient (Wildman–Crippen LogP) is 2.62. The van der Waals surface area contributed by atoms with E-state index in [9.17, 15) is 4.79 Å². The maximum Gasteiger partial charge on any atom is 0.150 e. The minimum absolute atomic E-state index is 0.160. The Morgan fingerprint density at radius 2 is 2.00 bits per heavy atom. The quantitative estimate of drug-likeness (QED) is 0.712. The van der Waals surface area contributed by atoms with Crippen molar-refractivity contribution in [2.75, 3.05) is 0 Å². The van der Waals surface area contributed by atoms with Gasteiger partial charge < -0.3 is 10.7 Å². The summed E-state index contributed by atoms with van der Waals surface area (Å²) in [7, 11) is 0. The summed E-state index contributed by atoms with van der Waals surface area (Å²) < 4.78 is 0. The molecule has 3 aromatic rings. The van der Waals surface area contributed by atoms with E-state index in [0.29, 0.717) is 12.0 Å². The zero-order valence-corrected chi connectivity index (χ0v) is 10.9. The van der Waals surface area contributed by atoms with Crippen LogP contribution in [0.25, 0.3) is 10.8 Å². The molecular weight excluding hydrogens is 250 g/mol. The fourth-order valence-electron chi connectivity index (χ4n) is 2.50. The molecule has 0 amide bonds. The summed E-state index contributed by atoms with van der Waals surface area (Å²) in [5.41, 5.74) is 8.02. The van der Waals surface area contributed by atoms with Crippen LogP contribution in [-0.4, -0.2) is 16.3 Å². The first-order chi connectivity index (χ1) is 9.79. The van der Waals surface area contributed by atoms with Crippen molar-refractivity contribution in [3.63, 3.8) is 0 Å². The van der Waals surface area contributed by atoms with Gasteiger partial charge >= 0.3 is 0 Å². The van der Waals surface area contributed by atoms with Gasteiger partial charge in [0.05, 0.1) is 0 Å². The highest BCUT2D eigenvalue weighted by molar-refractivity contribution is 5.99. The lowest BCUT2D eigenvalue weighted by Crippen LogP contribution is -2.14. The first-order valence-corrected chi connectivity index (χ1v) is 6.50. The van der Waals surface area contributed by atoms with Gasteiger partial charge in [-0.15, -0.1) is 0 Å². The number of aromatic nitrogens is 2. The minimum atomic E-state index is -0.160. The van der Waals surface area contributed by atoms with Gasteiger partial charge in [0, 0.05) is 30.4 Å². The number of aldehydes is 1. The third-order valence-electron chi connectivity index (χ3n) is 3.49. The van der Waals surface area contributed by atoms with Crippen molar-refractivity contribution in [2.45, 2.75) is 12.5 Å². The number of imidazole rings is 1. The summed E-state index contributed by atoms with van der Waals surface area (Å²) in [6, 6.07) is 11.4. The van der Waals surface area contributed by atoms with Crippen LogP contribution in [0.3, 0.4) is 0 Å². The van der Waals surface area contributed by atoms with Crippen molar-refractivity contribution in [3.05, 3.63) is 65.7 Å². The molecule has 100 valence electrons. The molecule has 2 aromatic carbocycles. The Morgan fingerprint density at radius 1 is 1.20 bits per heavy atom. The molecule has 4 heteroatoms. The van der Waals surface area contributed by atoms with E-state index in [1.165, 1.54) is 0 Å². The summed E-state index contributed by atoms with van der Waals surface area (Å²) in [4.78, 5) is 18.4. The van der Waals surface area contributed by atoms with E-state index >= 15 is 0 Å². The van der Waals surface area contributed by atoms with Crippen molar-refractivity contribution in [2.24, 2.45) is 5.73 Å². The van der Waals surface area contributed by atoms with Gasteiger partial charge in [-0.3, -0.25) is 4.79 Å². The van der Waals surface area contributed by atoms with Crippen LogP contribution in [0.1, 0.15) is 27.8 Å². The second-order valence-corrected chi connectivity index (χ2v) is 4.75. The Kier molecular flexibility index (Phi) is 3.31. The van der Waals surface area contributed by atoms with Crippen LogP contribution in [-0.2, 0) is 6.42 Å². The van der Waals surface area contributed by atoms with Gasteiger partial charge in [-0.05, 0) is 16.3 Å². The number of H-pyrrole nitrogens is 1. The number of nitrogens with zero attached hydrogens (tertiary/aromatic N) is 1. The van der Waals surface area contributed by atoms with Gasteiger partial charge in [-0.1, -0.05) is 36.4 Å². The summed E-state index contributed by atoms with van der Waals surface area (Å²) in [5.74, 6) is 0.862. The number of hydrogen-bond donors (Lipinski definition) is 2. The molecule has 1 unspecified atom stereocenters. The van der Waals surface area contributed by atoms with Gasteiger partial charge in [0.2, 0.25) is 0 Å². The number of carbonyl (C=O) groups excluding carboxylic acids is 1. The van der Waals surface area contributed by atoms with Crippen LogP contribution in [0.5, 0.6) is 0 Å². The first kappa shape index (κ1) is 12.6. The zero-order chi connectivity index (χ0) is 13.9. The number of benzene rings is 2. The van der Waals surface area contributed by atoms with E-state index in [0.717, 1.165) is 28.4 Å². The number of nitrogens with two attached hydrogens (primary N) is 1. The topological polar surface area (TPSA) is 71.8 Å². The van der Waals surface area contributed by atoms with Crippen LogP contribution < -0.4 is 5.73 Å². The second kappa shape index (κ2) is 5.27. The van der Waals surface area contributed by atoms with Crippen molar-refractivity contribution >= 4 is 17.1 Å². The molecule has 1 aromatic heterocycles. The Hall–Kier alpha value is -2.46. The summed E-state index contributed by atoms with van der Waals surface area (Å²) >= 11 is 0. The number of nitrogens with one attached hydrogen (secondary N) is 1. The smallest absolute Gasteiger partial charge is 0.150 e. The molecule has 20 heavy (non-hydrogen) atoms. The van der Waals surface area contributed by atoms with E-state index in [1.54, 1.807) is 12.4 Å². The summed E-state index contributed by atoms with van der Waals surface area (Å²) in [5, 5.41) is 1.96. The van der Waals surface area contributed by atoms with Crippen molar-refractivity contribution in [1.29, 1.82) is 0 Å². The zero-order valence-electron chi connectivity index (χ0n) is 10.9. The van der Waals surface area contributed by atoms with E-state index < -0.39 is 0 Å². The Bertz CT molecular complexity index is 735. The molecule has 1 heterocycles. The minimum Gasteiger partial charge on any atom is -0.349 e. The number of hydrogen-bond acceptors (Lipinski definition) is 3. The van der Waals surface area contributed by atoms with Gasteiger partial charge in [0.1, 0.15) is 5.82 Å². The van der Waals surface area contributed by atoms with Gasteiger partial charge in [-0.25, -0.2) is 4.98 Å². The average Bonchev–Trinajstić information content (AvgIpc) is 2.99. The second-order valence-electron chi connectivity index (χ2n) is 4.75. The third-order valence-corrected chi connectivity index (χ3v) is 3.49. The van der Waals surface area contributed by atoms with E-state index in [-0.39, 0.29) is 6.04 Å². The molecule has 0 aliphatic carbocycles. The molecule has 0 aliphatic heterocycles. The number of rotatable bonds is 4. The molecule has 0 bridgehead atoms. The predicted molar refractivity (Wildman–Crippen MR) is 78.6 cm³/mol. The molecule has 0 saturated carbocycles. The number of carbonyl (C=O) groups is 1. The molecule has 0 aliphatic rings. The normalized spacial score (nSPS) is 12.4. The molecule has 0 radical (unpaired) electrons. The lowest BCUT2D eigenvalue weighted by atomic mass is 9.94. The van der Waals surface area contributed by atoms with Crippen molar-refractivity contribution < 1.29 is 4.79 Å². The summed E-state index contributed by atoms with van der Waals surface area (Å²) in [6.45, 7) is 0. The van der Waals surface area contributed by atoms with Crippen LogP contribution in [0.2, 0.25) is 0 Å². The Labute approximate surface area is 116 Å². The fraction of sp³-hybridized carbons (Fsp3) is 0.125. The average molecular weight is 265 g/mol. The molecule has 0 saturated heterocycles. The molecule has 3 N–H and O–H groups in total. The van der Waals surface area contributed by atoms with Crippen LogP contribution in [0.4, 0.5) is 0 Å². The Balaban J connectivity index is 2.05. The molecular formula is C16H15N3O. The maximum absolute atomic E-state index is 11.1. The fourth-order valence-corrected chi connectivity index (χ4v) is 2.50. The van der Waals surface area contributed by atoms with E-state index in [2.05, 4.69) is 9.97 Å². The van der Waals surface area contributed by atoms with Crippen molar-refractivity contribution in [3.8, 4) is 0 Å². The number of aromatic amines is 1. The van der Waals surface area contributed by atoms with Crippen LogP contribution in [0, 0.1) is 0 Å². The molecule has 1 atom stereocenters. The van der Waals surface area contributed by atoms with Crippen LogP contribution >= 0.6 is 0 Å². The number of fused-ring (bicyclic) bond motifs is 1. The van der Waals surface area contributed by atoms with Crippen molar-refractivity contribution in [1.82, 2.24) is 9.97 Å². The highest BCUT2D eigenvalue weighted by atomic mass is 16.1. The highest BCUT2D eigenvalue weighted by Crippen LogP contribution is 2.26. The lowest BCUT2D eigenvalue weighted by Gasteiger charge is -2.14. The lowest BCUT2D eigenvalue weighted by molar-refractivity contribution is 0.112. The summed E-state index contributed by atoms with van der Waals surface area (Å²) in [6.07, 6.45) is 5.02. The molecule has 4 nitrogen and oxygen atoms in total. The first-order valence-electron chi connectivity index (χ1n) is 6.50. The van der Waals surface area contributed by atoms with Gasteiger partial charge in [0.15, 0.2) is 6.29 Å². The van der Waals surface area contributed by atoms with Gasteiger partial charge in [0.25, 0.3) is 0 Å². The van der Waals surface area contributed by atoms with E-state index in [4.69, 9.17) is 5.73 Å². The third kappa shape index (κ3) is 2.21. The standard InChI is InChI=1S/C16H15N3O/c17-15(9-16-18-7-8-19-16)14-6-5-11(10-20)12-3-1-2-4-13(12)14/h1-8,10,15H,9,17H2,(H,18,19). The molecule has 0 fully saturated rings.